The maximum atomic E-state index is 12.1. The molecule has 2 saturated heterocycles. The summed E-state index contributed by atoms with van der Waals surface area (Å²) in [6.07, 6.45) is 4.12. The van der Waals surface area contributed by atoms with E-state index in [9.17, 15) is 9.59 Å². The molecule has 6 nitrogen and oxygen atoms in total. The van der Waals surface area contributed by atoms with Crippen LogP contribution in [0.15, 0.2) is 0 Å². The van der Waals surface area contributed by atoms with E-state index in [0.717, 1.165) is 38.9 Å². The Balaban J connectivity index is 1.77. The van der Waals surface area contributed by atoms with Gasteiger partial charge in [0.05, 0.1) is 0 Å². The molecule has 0 aromatic carbocycles. The summed E-state index contributed by atoms with van der Waals surface area (Å²) in [7, 11) is 6.34. The number of carbonyl (C=O) groups excluding carboxylic acids is 2. The van der Waals surface area contributed by atoms with Crippen molar-refractivity contribution in [2.45, 2.75) is 37.6 Å². The Bertz CT molecular complexity index is 403. The van der Waals surface area contributed by atoms with Gasteiger partial charge in [0.15, 0.2) is 0 Å². The lowest BCUT2D eigenvalue weighted by Gasteiger charge is -2.45. The summed E-state index contributed by atoms with van der Waals surface area (Å²) in [5, 5.41) is 3.09. The van der Waals surface area contributed by atoms with Gasteiger partial charge >= 0.3 is 0 Å². The van der Waals surface area contributed by atoms with Gasteiger partial charge in [-0.2, -0.15) is 0 Å². The van der Waals surface area contributed by atoms with Gasteiger partial charge in [-0.05, 0) is 53.5 Å². The molecule has 126 valence electrons. The molecule has 2 rings (SSSR count). The molecule has 0 aromatic rings. The van der Waals surface area contributed by atoms with Crippen LogP contribution in [0.1, 0.15) is 32.1 Å². The molecule has 2 amide bonds. The molecule has 0 saturated carbocycles. The fourth-order valence-corrected chi connectivity index (χ4v) is 3.35. The number of hydrogen-bond acceptors (Lipinski definition) is 4. The van der Waals surface area contributed by atoms with Crippen molar-refractivity contribution in [2.75, 3.05) is 53.9 Å². The zero-order valence-electron chi connectivity index (χ0n) is 14.2. The highest BCUT2D eigenvalue weighted by Crippen LogP contribution is 2.25. The monoisotopic (exact) mass is 310 g/mol. The van der Waals surface area contributed by atoms with E-state index >= 15 is 0 Å². The Morgan fingerprint density at radius 3 is 2.50 bits per heavy atom. The van der Waals surface area contributed by atoms with Gasteiger partial charge in [0.2, 0.25) is 11.8 Å². The summed E-state index contributed by atoms with van der Waals surface area (Å²) in [4.78, 5) is 30.0. The van der Waals surface area contributed by atoms with E-state index in [-0.39, 0.29) is 17.4 Å². The van der Waals surface area contributed by atoms with Crippen LogP contribution in [0, 0.1) is 0 Å². The predicted octanol–water partition coefficient (Wildman–Crippen LogP) is 0.141. The van der Waals surface area contributed by atoms with Gasteiger partial charge in [-0.3, -0.25) is 9.59 Å². The number of amides is 2. The molecule has 1 N–H and O–H groups in total. The molecule has 0 unspecified atom stereocenters. The molecule has 0 atom stereocenters. The molecule has 2 aliphatic heterocycles. The zero-order chi connectivity index (χ0) is 16.2. The molecular formula is C16H30N4O2. The SMILES string of the molecule is CN1CCC(CNC(=O)CCN2CCCC2=O)(N(C)C)CC1. The second-order valence-electron chi connectivity index (χ2n) is 6.93. The predicted molar refractivity (Wildman–Crippen MR) is 86.6 cm³/mol. The molecular weight excluding hydrogens is 280 g/mol. The Kier molecular flexibility index (Phi) is 5.81. The summed E-state index contributed by atoms with van der Waals surface area (Å²) in [5.74, 6) is 0.243. The molecule has 2 heterocycles. The maximum absolute atomic E-state index is 12.1. The van der Waals surface area contributed by atoms with Crippen molar-refractivity contribution >= 4 is 11.8 Å². The Hall–Kier alpha value is -1.14. The molecule has 22 heavy (non-hydrogen) atoms. The number of piperidine rings is 1. The van der Waals surface area contributed by atoms with E-state index in [1.165, 1.54) is 0 Å². The van der Waals surface area contributed by atoms with Crippen molar-refractivity contribution in [3.63, 3.8) is 0 Å². The number of carbonyl (C=O) groups is 2. The van der Waals surface area contributed by atoms with Crippen LogP contribution in [-0.2, 0) is 9.59 Å². The first-order chi connectivity index (χ1) is 10.4. The van der Waals surface area contributed by atoms with Crippen LogP contribution >= 0.6 is 0 Å². The molecule has 0 aromatic heterocycles. The van der Waals surface area contributed by atoms with Crippen molar-refractivity contribution in [1.29, 1.82) is 0 Å². The number of nitrogens with zero attached hydrogens (tertiary/aromatic N) is 3. The van der Waals surface area contributed by atoms with Crippen molar-refractivity contribution < 1.29 is 9.59 Å². The first-order valence-electron chi connectivity index (χ1n) is 8.33. The van der Waals surface area contributed by atoms with E-state index in [2.05, 4.69) is 36.3 Å². The highest BCUT2D eigenvalue weighted by atomic mass is 16.2. The average molecular weight is 310 g/mol. The number of hydrogen-bond donors (Lipinski definition) is 1. The lowest BCUT2D eigenvalue weighted by molar-refractivity contribution is -0.128. The van der Waals surface area contributed by atoms with E-state index in [1.54, 1.807) is 4.90 Å². The minimum atomic E-state index is 0.0554. The van der Waals surface area contributed by atoms with Gasteiger partial charge in [0, 0.05) is 38.0 Å². The summed E-state index contributed by atoms with van der Waals surface area (Å²) in [5.41, 5.74) is 0.0611. The highest BCUT2D eigenvalue weighted by Gasteiger charge is 2.36. The van der Waals surface area contributed by atoms with Gasteiger partial charge < -0.3 is 20.0 Å². The summed E-state index contributed by atoms with van der Waals surface area (Å²) in [6.45, 7) is 4.19. The number of rotatable bonds is 6. The standard InChI is InChI=1S/C16H30N4O2/c1-18(2)16(7-11-19(3)12-8-16)13-17-14(21)6-10-20-9-4-5-15(20)22/h4-13H2,1-3H3,(H,17,21). The van der Waals surface area contributed by atoms with E-state index in [1.807, 2.05) is 0 Å². The highest BCUT2D eigenvalue weighted by molar-refractivity contribution is 5.80. The third kappa shape index (κ3) is 4.20. The third-order valence-electron chi connectivity index (χ3n) is 5.26. The summed E-state index contributed by atoms with van der Waals surface area (Å²) in [6, 6.07) is 0. The smallest absolute Gasteiger partial charge is 0.222 e. The molecule has 6 heteroatoms. The van der Waals surface area contributed by atoms with E-state index in [0.29, 0.717) is 25.9 Å². The summed E-state index contributed by atoms with van der Waals surface area (Å²) >= 11 is 0. The van der Waals surface area contributed by atoms with Crippen molar-refractivity contribution in [3.8, 4) is 0 Å². The average Bonchev–Trinajstić information content (AvgIpc) is 2.90. The second-order valence-corrected chi connectivity index (χ2v) is 6.93. The second kappa shape index (κ2) is 7.42. The molecule has 0 radical (unpaired) electrons. The number of likely N-dealkylation sites (tertiary alicyclic amines) is 2. The Morgan fingerprint density at radius 1 is 1.27 bits per heavy atom. The van der Waals surface area contributed by atoms with Crippen LogP contribution in [0.3, 0.4) is 0 Å². The first kappa shape index (κ1) is 17.2. The van der Waals surface area contributed by atoms with Gasteiger partial charge in [0.1, 0.15) is 0 Å². The normalized spacial score (nSPS) is 22.4. The first-order valence-corrected chi connectivity index (χ1v) is 8.33. The molecule has 2 fully saturated rings. The quantitative estimate of drug-likeness (QED) is 0.758. The van der Waals surface area contributed by atoms with Gasteiger partial charge in [-0.1, -0.05) is 0 Å². The number of likely N-dealkylation sites (N-methyl/N-ethyl adjacent to an activating group) is 1. The van der Waals surface area contributed by atoms with E-state index in [4.69, 9.17) is 0 Å². The lowest BCUT2D eigenvalue weighted by atomic mass is 9.86. The third-order valence-corrected chi connectivity index (χ3v) is 5.26. The van der Waals surface area contributed by atoms with E-state index < -0.39 is 0 Å². The van der Waals surface area contributed by atoms with Crippen LogP contribution in [0.4, 0.5) is 0 Å². The van der Waals surface area contributed by atoms with Crippen LogP contribution in [0.5, 0.6) is 0 Å². The molecule has 0 spiro atoms. The topological polar surface area (TPSA) is 55.9 Å². The minimum absolute atomic E-state index is 0.0554. The van der Waals surface area contributed by atoms with Crippen LogP contribution in [0.2, 0.25) is 0 Å². The van der Waals surface area contributed by atoms with Gasteiger partial charge in [-0.15, -0.1) is 0 Å². The fourth-order valence-electron chi connectivity index (χ4n) is 3.35. The molecule has 2 aliphatic rings. The van der Waals surface area contributed by atoms with Crippen molar-refractivity contribution in [2.24, 2.45) is 0 Å². The molecule has 0 aliphatic carbocycles. The van der Waals surface area contributed by atoms with Crippen molar-refractivity contribution in [3.05, 3.63) is 0 Å². The van der Waals surface area contributed by atoms with Crippen molar-refractivity contribution in [1.82, 2.24) is 20.0 Å². The number of nitrogens with one attached hydrogen (secondary N) is 1. The van der Waals surface area contributed by atoms with Gasteiger partial charge in [-0.25, -0.2) is 0 Å². The largest absolute Gasteiger partial charge is 0.354 e. The van der Waals surface area contributed by atoms with Gasteiger partial charge in [0.25, 0.3) is 0 Å². The Morgan fingerprint density at radius 2 is 1.95 bits per heavy atom. The van der Waals surface area contributed by atoms with Crippen LogP contribution in [-0.4, -0.2) is 85.9 Å². The Labute approximate surface area is 133 Å². The maximum Gasteiger partial charge on any atom is 0.222 e. The molecule has 0 bridgehead atoms. The minimum Gasteiger partial charge on any atom is -0.354 e. The lowest BCUT2D eigenvalue weighted by Crippen LogP contribution is -2.58. The summed E-state index contributed by atoms with van der Waals surface area (Å²) < 4.78 is 0. The fraction of sp³-hybridized carbons (Fsp3) is 0.875. The van der Waals surface area contributed by atoms with Crippen LogP contribution < -0.4 is 5.32 Å². The van der Waals surface area contributed by atoms with Crippen LogP contribution in [0.25, 0.3) is 0 Å². The zero-order valence-corrected chi connectivity index (χ0v) is 14.2.